The van der Waals surface area contributed by atoms with E-state index in [0.717, 1.165) is 17.9 Å². The lowest BCUT2D eigenvalue weighted by Gasteiger charge is -2.28. The number of carboxylic acid groups (broad SMARTS) is 1. The van der Waals surface area contributed by atoms with E-state index in [2.05, 4.69) is 16.1 Å². The molecule has 1 aliphatic carbocycles. The zero-order valence-corrected chi connectivity index (χ0v) is 13.7. The van der Waals surface area contributed by atoms with Crippen LogP contribution in [0.5, 0.6) is 0 Å². The minimum Gasteiger partial charge on any atom is -0.464 e. The lowest BCUT2D eigenvalue weighted by molar-refractivity contribution is -0.108. The van der Waals surface area contributed by atoms with Gasteiger partial charge in [-0.25, -0.2) is 9.80 Å². The number of benzene rings is 1. The van der Waals surface area contributed by atoms with E-state index in [1.54, 1.807) is 32.2 Å². The Morgan fingerprint density at radius 1 is 1.42 bits per heavy atom. The van der Waals surface area contributed by atoms with Crippen LogP contribution in [0.4, 0.5) is 16.2 Å². The highest BCUT2D eigenvalue weighted by Crippen LogP contribution is 2.33. The molecule has 0 heterocycles. The Balaban J connectivity index is 2.34. The Hall–Kier alpha value is -2.77. The third-order valence-corrected chi connectivity index (χ3v) is 3.79. The van der Waals surface area contributed by atoms with Crippen molar-refractivity contribution in [1.29, 1.82) is 0 Å². The standard InChI is InChI=1S/C16H22N4O4/c1-10(8-9-21)20(16(23)24)19-13-5-3-4-12(15(22)17-2)14(13)18-11-6-7-11/h3-5,9-11,18-19H,6-8H2,1-2H3,(H,17,22)(H,23,24). The molecule has 8 heteroatoms. The highest BCUT2D eigenvalue weighted by Gasteiger charge is 2.26. The van der Waals surface area contributed by atoms with Gasteiger partial charge in [0.2, 0.25) is 0 Å². The predicted molar refractivity (Wildman–Crippen MR) is 90.1 cm³/mol. The van der Waals surface area contributed by atoms with E-state index < -0.39 is 12.1 Å². The summed E-state index contributed by atoms with van der Waals surface area (Å²) < 4.78 is 0. The van der Waals surface area contributed by atoms with Crippen molar-refractivity contribution in [1.82, 2.24) is 10.3 Å². The molecule has 1 aliphatic rings. The van der Waals surface area contributed by atoms with Gasteiger partial charge in [0.1, 0.15) is 6.29 Å². The van der Waals surface area contributed by atoms with E-state index in [-0.39, 0.29) is 18.4 Å². The number of aldehydes is 1. The second-order valence-corrected chi connectivity index (χ2v) is 5.74. The molecule has 0 radical (unpaired) electrons. The number of hydrogen-bond acceptors (Lipinski definition) is 5. The summed E-state index contributed by atoms with van der Waals surface area (Å²) in [7, 11) is 1.54. The van der Waals surface area contributed by atoms with Gasteiger partial charge >= 0.3 is 6.09 Å². The molecule has 0 aromatic heterocycles. The maximum Gasteiger partial charge on any atom is 0.426 e. The summed E-state index contributed by atoms with van der Waals surface area (Å²) in [5.74, 6) is -0.260. The molecule has 1 fully saturated rings. The number of para-hydroxylation sites is 1. The molecule has 4 N–H and O–H groups in total. The van der Waals surface area contributed by atoms with Gasteiger partial charge in [0.05, 0.1) is 23.0 Å². The molecule has 0 saturated heterocycles. The van der Waals surface area contributed by atoms with Crippen LogP contribution in [-0.2, 0) is 4.79 Å². The first-order chi connectivity index (χ1) is 11.5. The molecule has 1 unspecified atom stereocenters. The molecule has 8 nitrogen and oxygen atoms in total. The predicted octanol–water partition coefficient (Wildman–Crippen LogP) is 1.90. The molecule has 1 saturated carbocycles. The average molecular weight is 334 g/mol. The number of carbonyl (C=O) groups is 3. The van der Waals surface area contributed by atoms with Crippen LogP contribution in [0.1, 0.15) is 36.5 Å². The third-order valence-electron chi connectivity index (χ3n) is 3.79. The molecule has 2 amide bonds. The van der Waals surface area contributed by atoms with Gasteiger partial charge < -0.3 is 20.5 Å². The van der Waals surface area contributed by atoms with E-state index in [1.807, 2.05) is 0 Å². The van der Waals surface area contributed by atoms with Crippen LogP contribution in [0.25, 0.3) is 0 Å². The molecule has 1 aromatic carbocycles. The van der Waals surface area contributed by atoms with Gasteiger partial charge in [-0.2, -0.15) is 0 Å². The van der Waals surface area contributed by atoms with Crippen molar-refractivity contribution in [3.05, 3.63) is 23.8 Å². The number of amides is 2. The summed E-state index contributed by atoms with van der Waals surface area (Å²) in [4.78, 5) is 34.3. The van der Waals surface area contributed by atoms with Gasteiger partial charge in [-0.1, -0.05) is 6.07 Å². The second-order valence-electron chi connectivity index (χ2n) is 5.74. The fourth-order valence-corrected chi connectivity index (χ4v) is 2.28. The average Bonchev–Trinajstić information content (AvgIpc) is 3.36. The Labute approximate surface area is 140 Å². The van der Waals surface area contributed by atoms with E-state index in [1.165, 1.54) is 0 Å². The summed E-state index contributed by atoms with van der Waals surface area (Å²) in [6, 6.07) is 4.78. The van der Waals surface area contributed by atoms with Crippen LogP contribution in [0.15, 0.2) is 18.2 Å². The Bertz CT molecular complexity index is 631. The smallest absolute Gasteiger partial charge is 0.426 e. The van der Waals surface area contributed by atoms with Crippen molar-refractivity contribution in [2.45, 2.75) is 38.3 Å². The molecule has 1 atom stereocenters. The molecule has 0 aliphatic heterocycles. The zero-order valence-electron chi connectivity index (χ0n) is 13.7. The van der Waals surface area contributed by atoms with Crippen LogP contribution in [0, 0.1) is 0 Å². The summed E-state index contributed by atoms with van der Waals surface area (Å²) in [5, 5.41) is 16.2. The van der Waals surface area contributed by atoms with Crippen LogP contribution in [0.2, 0.25) is 0 Å². The fraction of sp³-hybridized carbons (Fsp3) is 0.438. The molecule has 0 bridgehead atoms. The molecule has 0 spiro atoms. The lowest BCUT2D eigenvalue weighted by Crippen LogP contribution is -2.42. The number of nitrogens with zero attached hydrogens (tertiary/aromatic N) is 1. The van der Waals surface area contributed by atoms with E-state index in [4.69, 9.17) is 0 Å². The van der Waals surface area contributed by atoms with Crippen molar-refractivity contribution in [2.75, 3.05) is 17.8 Å². The second kappa shape index (κ2) is 7.67. The highest BCUT2D eigenvalue weighted by atomic mass is 16.4. The van der Waals surface area contributed by atoms with Gasteiger partial charge in [0.15, 0.2) is 0 Å². The lowest BCUT2D eigenvalue weighted by atomic mass is 10.1. The maximum absolute atomic E-state index is 12.1. The van der Waals surface area contributed by atoms with E-state index in [9.17, 15) is 19.5 Å². The number of carbonyl (C=O) groups excluding carboxylic acids is 2. The van der Waals surface area contributed by atoms with E-state index in [0.29, 0.717) is 23.2 Å². The zero-order chi connectivity index (χ0) is 17.7. The van der Waals surface area contributed by atoms with Gasteiger partial charge in [-0.05, 0) is 31.9 Å². The normalized spacial score (nSPS) is 14.4. The summed E-state index contributed by atoms with van der Waals surface area (Å²) >= 11 is 0. The summed E-state index contributed by atoms with van der Waals surface area (Å²) in [6.07, 6.45) is 1.55. The Kier molecular flexibility index (Phi) is 5.62. The fourth-order valence-electron chi connectivity index (χ4n) is 2.28. The van der Waals surface area contributed by atoms with Crippen molar-refractivity contribution in [2.24, 2.45) is 0 Å². The number of anilines is 2. The molecular weight excluding hydrogens is 312 g/mol. The molecule has 130 valence electrons. The molecule has 24 heavy (non-hydrogen) atoms. The number of nitrogens with one attached hydrogen (secondary N) is 3. The quantitative estimate of drug-likeness (QED) is 0.427. The first-order valence-electron chi connectivity index (χ1n) is 7.82. The SMILES string of the molecule is CNC(=O)c1cccc(NN(C(=O)O)C(C)CC=O)c1NC1CC1. The summed E-state index contributed by atoms with van der Waals surface area (Å²) in [6.45, 7) is 1.63. The van der Waals surface area contributed by atoms with Crippen LogP contribution in [0.3, 0.4) is 0 Å². The monoisotopic (exact) mass is 334 g/mol. The Morgan fingerprint density at radius 2 is 2.12 bits per heavy atom. The van der Waals surface area contributed by atoms with Gasteiger partial charge in [0.25, 0.3) is 5.91 Å². The first-order valence-corrected chi connectivity index (χ1v) is 7.82. The molecule has 1 aromatic rings. The van der Waals surface area contributed by atoms with Gasteiger partial charge in [-0.15, -0.1) is 0 Å². The minimum absolute atomic E-state index is 0.0693. The number of hydrazine groups is 1. The number of rotatable bonds is 8. The Morgan fingerprint density at radius 3 is 2.67 bits per heavy atom. The highest BCUT2D eigenvalue weighted by molar-refractivity contribution is 6.02. The topological polar surface area (TPSA) is 111 Å². The van der Waals surface area contributed by atoms with Crippen LogP contribution < -0.4 is 16.1 Å². The number of hydrogen-bond donors (Lipinski definition) is 4. The largest absolute Gasteiger partial charge is 0.464 e. The van der Waals surface area contributed by atoms with Gasteiger partial charge in [-0.3, -0.25) is 10.2 Å². The molecule has 2 rings (SSSR count). The first kappa shape index (κ1) is 17.6. The van der Waals surface area contributed by atoms with Crippen LogP contribution in [-0.4, -0.2) is 47.5 Å². The summed E-state index contributed by atoms with van der Waals surface area (Å²) in [5.41, 5.74) is 4.28. The van der Waals surface area contributed by atoms with E-state index >= 15 is 0 Å². The van der Waals surface area contributed by atoms with Crippen molar-refractivity contribution in [3.8, 4) is 0 Å². The van der Waals surface area contributed by atoms with Gasteiger partial charge in [0, 0.05) is 19.5 Å². The van der Waals surface area contributed by atoms with Crippen molar-refractivity contribution in [3.63, 3.8) is 0 Å². The maximum atomic E-state index is 12.1. The van der Waals surface area contributed by atoms with Crippen molar-refractivity contribution < 1.29 is 19.5 Å². The third kappa shape index (κ3) is 4.15. The molecular formula is C16H22N4O4. The minimum atomic E-state index is -1.20. The van der Waals surface area contributed by atoms with Crippen molar-refractivity contribution >= 4 is 29.7 Å². The van der Waals surface area contributed by atoms with Crippen LogP contribution >= 0.6 is 0 Å².